The van der Waals surface area contributed by atoms with E-state index in [2.05, 4.69) is 0 Å². The maximum atomic E-state index is 13.3. The van der Waals surface area contributed by atoms with Crippen LogP contribution in [0, 0.1) is 5.82 Å². The predicted octanol–water partition coefficient (Wildman–Crippen LogP) is 3.65. The molecule has 0 aliphatic heterocycles. The van der Waals surface area contributed by atoms with Crippen LogP contribution in [0.2, 0.25) is 0 Å². The number of carbonyl (C=O) groups is 2. The van der Waals surface area contributed by atoms with E-state index in [1.807, 2.05) is 36.4 Å². The summed E-state index contributed by atoms with van der Waals surface area (Å²) in [7, 11) is 1.54. The average molecular weight is 394 g/mol. The van der Waals surface area contributed by atoms with Gasteiger partial charge in [-0.2, -0.15) is 0 Å². The van der Waals surface area contributed by atoms with Gasteiger partial charge in [0.25, 0.3) is 5.91 Å². The number of benzene rings is 3. The molecule has 2 amide bonds. The zero-order valence-corrected chi connectivity index (χ0v) is 16.1. The van der Waals surface area contributed by atoms with E-state index in [-0.39, 0.29) is 18.7 Å². The number of hydrogen-bond acceptors (Lipinski definition) is 3. The molecule has 0 atom stereocenters. The van der Waals surface area contributed by atoms with E-state index in [0.717, 1.165) is 11.6 Å². The highest BCUT2D eigenvalue weighted by Crippen LogP contribution is 2.16. The molecule has 5 nitrogen and oxygen atoms in total. The van der Waals surface area contributed by atoms with Crippen LogP contribution >= 0.6 is 0 Å². The van der Waals surface area contributed by atoms with Crippen LogP contribution in [0.15, 0.2) is 84.9 Å². The lowest BCUT2D eigenvalue weighted by Gasteiger charge is -2.21. The Morgan fingerprint density at radius 2 is 1.55 bits per heavy atom. The minimum Gasteiger partial charge on any atom is -0.497 e. The molecule has 3 aromatic rings. The van der Waals surface area contributed by atoms with E-state index in [4.69, 9.17) is 10.5 Å². The topological polar surface area (TPSA) is 72.6 Å². The number of primary amides is 1. The zero-order valence-electron chi connectivity index (χ0n) is 16.1. The van der Waals surface area contributed by atoms with Crippen molar-refractivity contribution in [3.8, 4) is 5.75 Å². The van der Waals surface area contributed by atoms with Crippen molar-refractivity contribution in [3.63, 3.8) is 0 Å². The van der Waals surface area contributed by atoms with Gasteiger partial charge in [0.1, 0.15) is 11.6 Å². The van der Waals surface area contributed by atoms with Crippen molar-refractivity contribution in [2.75, 3.05) is 13.7 Å². The van der Waals surface area contributed by atoms with Gasteiger partial charge in [-0.1, -0.05) is 54.6 Å². The van der Waals surface area contributed by atoms with Gasteiger partial charge in [0, 0.05) is 12.1 Å². The molecular weight excluding hydrogens is 371 g/mol. The number of rotatable bonds is 6. The molecule has 0 spiro atoms. The molecule has 0 bridgehead atoms. The van der Waals surface area contributed by atoms with Crippen LogP contribution in [0.1, 0.15) is 15.9 Å². The summed E-state index contributed by atoms with van der Waals surface area (Å²) in [6.07, 6.45) is 0. The molecule has 3 aromatic carbocycles. The van der Waals surface area contributed by atoms with Crippen LogP contribution < -0.4 is 10.5 Å². The number of amides is 2. The van der Waals surface area contributed by atoms with Crippen molar-refractivity contribution >= 4 is 11.8 Å². The lowest BCUT2D eigenvalue weighted by Crippen LogP contribution is -2.38. The third-order valence-corrected chi connectivity index (χ3v) is 3.88. The van der Waals surface area contributed by atoms with Gasteiger partial charge < -0.3 is 15.4 Å². The number of hydrogen-bond donors (Lipinski definition) is 1. The number of ether oxygens (including phenoxy) is 1. The third kappa shape index (κ3) is 7.46. The molecule has 0 aliphatic carbocycles. The van der Waals surface area contributed by atoms with Crippen LogP contribution in [0.4, 0.5) is 4.39 Å². The highest BCUT2D eigenvalue weighted by Gasteiger charge is 2.18. The van der Waals surface area contributed by atoms with Crippen LogP contribution in [-0.2, 0) is 11.3 Å². The molecule has 0 unspecified atom stereocenters. The van der Waals surface area contributed by atoms with Gasteiger partial charge in [-0.3, -0.25) is 9.59 Å². The Morgan fingerprint density at radius 1 is 0.931 bits per heavy atom. The molecule has 2 N–H and O–H groups in total. The largest absolute Gasteiger partial charge is 0.497 e. The molecule has 0 fully saturated rings. The molecule has 0 aromatic heterocycles. The summed E-state index contributed by atoms with van der Waals surface area (Å²) in [6, 6.07) is 24.4. The van der Waals surface area contributed by atoms with Gasteiger partial charge in [0.05, 0.1) is 13.7 Å². The maximum absolute atomic E-state index is 13.3. The van der Waals surface area contributed by atoms with Crippen molar-refractivity contribution in [1.29, 1.82) is 0 Å². The van der Waals surface area contributed by atoms with Gasteiger partial charge in [0.15, 0.2) is 0 Å². The number of nitrogens with two attached hydrogens (primary N) is 1. The van der Waals surface area contributed by atoms with Gasteiger partial charge >= 0.3 is 0 Å². The fraction of sp³-hybridized carbons (Fsp3) is 0.130. The van der Waals surface area contributed by atoms with Crippen molar-refractivity contribution in [2.45, 2.75) is 6.54 Å². The van der Waals surface area contributed by atoms with Gasteiger partial charge in [-0.05, 0) is 35.9 Å². The summed E-state index contributed by atoms with van der Waals surface area (Å²) >= 11 is 0. The molecule has 150 valence electrons. The first-order chi connectivity index (χ1) is 14.0. The summed E-state index contributed by atoms with van der Waals surface area (Å²) < 4.78 is 18.4. The second kappa shape index (κ2) is 11.2. The molecule has 0 saturated carbocycles. The second-order valence-electron chi connectivity index (χ2n) is 6.14. The fourth-order valence-corrected chi connectivity index (χ4v) is 2.57. The summed E-state index contributed by atoms with van der Waals surface area (Å²) in [5, 5.41) is 0. The quantitative estimate of drug-likeness (QED) is 0.694. The van der Waals surface area contributed by atoms with E-state index in [1.165, 1.54) is 30.2 Å². The molecule has 0 radical (unpaired) electrons. The van der Waals surface area contributed by atoms with E-state index >= 15 is 0 Å². The second-order valence-corrected chi connectivity index (χ2v) is 6.14. The highest BCUT2D eigenvalue weighted by atomic mass is 19.1. The highest BCUT2D eigenvalue weighted by molar-refractivity contribution is 5.96. The molecule has 29 heavy (non-hydrogen) atoms. The Kier molecular flexibility index (Phi) is 8.38. The normalized spacial score (nSPS) is 9.72. The standard InChI is InChI=1S/C17H17FN2O3.C6H6/c1-23-15-7-2-4-12(8-15)10-20(11-16(19)21)17(22)13-5-3-6-14(18)9-13;1-2-4-6-5-3-1/h2-9H,10-11H2,1H3,(H2,19,21);1-6H. The molecule has 0 heterocycles. The first-order valence-electron chi connectivity index (χ1n) is 8.95. The summed E-state index contributed by atoms with van der Waals surface area (Å²) in [5.41, 5.74) is 6.15. The van der Waals surface area contributed by atoms with Crippen LogP contribution in [0.25, 0.3) is 0 Å². The van der Waals surface area contributed by atoms with E-state index in [1.54, 1.807) is 24.3 Å². The molecule has 3 rings (SSSR count). The number of nitrogens with zero attached hydrogens (tertiary/aromatic N) is 1. The Balaban J connectivity index is 0.000000426. The van der Waals surface area contributed by atoms with Gasteiger partial charge in [0.2, 0.25) is 5.91 Å². The van der Waals surface area contributed by atoms with E-state index in [0.29, 0.717) is 5.75 Å². The van der Waals surface area contributed by atoms with Gasteiger partial charge in [-0.25, -0.2) is 4.39 Å². The lowest BCUT2D eigenvalue weighted by atomic mass is 10.1. The first-order valence-corrected chi connectivity index (χ1v) is 8.95. The molecule has 0 saturated heterocycles. The van der Waals surface area contributed by atoms with E-state index in [9.17, 15) is 14.0 Å². The third-order valence-electron chi connectivity index (χ3n) is 3.88. The summed E-state index contributed by atoms with van der Waals surface area (Å²) in [4.78, 5) is 25.0. The first kappa shape index (κ1) is 21.6. The predicted molar refractivity (Wildman–Crippen MR) is 110 cm³/mol. The van der Waals surface area contributed by atoms with Crippen LogP contribution in [0.3, 0.4) is 0 Å². The SMILES string of the molecule is COc1cccc(CN(CC(N)=O)C(=O)c2cccc(F)c2)c1.c1ccccc1. The molecule has 0 aliphatic rings. The minimum absolute atomic E-state index is 0.161. The number of methoxy groups -OCH3 is 1. The van der Waals surface area contributed by atoms with Gasteiger partial charge in [-0.15, -0.1) is 0 Å². The molecular formula is C23H23FN2O3. The summed E-state index contributed by atoms with van der Waals surface area (Å²) in [6.45, 7) is -0.0952. The van der Waals surface area contributed by atoms with Crippen molar-refractivity contribution in [3.05, 3.63) is 102 Å². The minimum atomic E-state index is -0.641. The summed E-state index contributed by atoms with van der Waals surface area (Å²) in [5.74, 6) is -0.986. The number of carbonyl (C=O) groups excluding carboxylic acids is 2. The van der Waals surface area contributed by atoms with Crippen molar-refractivity contribution in [2.24, 2.45) is 5.73 Å². The Bertz CT molecular complexity index is 905. The average Bonchev–Trinajstić information content (AvgIpc) is 2.74. The fourth-order valence-electron chi connectivity index (χ4n) is 2.57. The van der Waals surface area contributed by atoms with Crippen molar-refractivity contribution in [1.82, 2.24) is 4.90 Å². The number of halogens is 1. The Labute approximate surface area is 169 Å². The molecule has 6 heteroatoms. The van der Waals surface area contributed by atoms with Crippen molar-refractivity contribution < 1.29 is 18.7 Å². The smallest absolute Gasteiger partial charge is 0.254 e. The maximum Gasteiger partial charge on any atom is 0.254 e. The zero-order chi connectivity index (χ0) is 21.1. The van der Waals surface area contributed by atoms with Crippen LogP contribution in [-0.4, -0.2) is 30.4 Å². The lowest BCUT2D eigenvalue weighted by molar-refractivity contribution is -0.118. The monoisotopic (exact) mass is 394 g/mol. The van der Waals surface area contributed by atoms with E-state index < -0.39 is 17.6 Å². The Hall–Kier alpha value is -3.67. The van der Waals surface area contributed by atoms with Crippen LogP contribution in [0.5, 0.6) is 5.75 Å². The Morgan fingerprint density at radius 3 is 2.10 bits per heavy atom.